The number of nitro groups is 1. The summed E-state index contributed by atoms with van der Waals surface area (Å²) < 4.78 is 10.9. The van der Waals surface area contributed by atoms with Gasteiger partial charge in [-0.05, 0) is 110 Å². The van der Waals surface area contributed by atoms with Crippen LogP contribution < -0.4 is 5.73 Å². The van der Waals surface area contributed by atoms with Gasteiger partial charge < -0.3 is 34.8 Å². The molecule has 14 nitrogen and oxygen atoms in total. The molecule has 2 aromatic carbocycles. The molecule has 4 amide bonds. The molecule has 294 valence electrons. The maximum Gasteiger partial charge on any atom is 0.410 e. The van der Waals surface area contributed by atoms with Crippen molar-refractivity contribution in [3.05, 3.63) is 68.8 Å². The van der Waals surface area contributed by atoms with Crippen LogP contribution in [-0.2, 0) is 22.6 Å². The minimum absolute atomic E-state index is 0.0130. The molecular weight excluding hydrogens is 692 g/mol. The molecule has 0 spiro atoms. The molecule has 2 aromatic rings. The summed E-state index contributed by atoms with van der Waals surface area (Å²) in [6.45, 7) is 16.2. The Morgan fingerprint density at radius 2 is 1.13 bits per heavy atom. The van der Waals surface area contributed by atoms with Crippen LogP contribution in [0.25, 0.3) is 0 Å². The summed E-state index contributed by atoms with van der Waals surface area (Å²) in [6.07, 6.45) is 4.94. The maximum atomic E-state index is 12.6. The Balaban J connectivity index is 0.000000208. The van der Waals surface area contributed by atoms with Crippen molar-refractivity contribution < 1.29 is 33.6 Å². The molecule has 54 heavy (non-hydrogen) atoms. The zero-order valence-electron chi connectivity index (χ0n) is 32.6. The summed E-state index contributed by atoms with van der Waals surface area (Å²) in [5, 5.41) is 11.2. The van der Waals surface area contributed by atoms with Crippen LogP contribution in [0.1, 0.15) is 112 Å². The molecule has 2 saturated heterocycles. The van der Waals surface area contributed by atoms with Gasteiger partial charge in [0.05, 0.1) is 22.6 Å². The van der Waals surface area contributed by atoms with E-state index >= 15 is 0 Å². The zero-order chi connectivity index (χ0) is 39.4. The fraction of sp³-hybridized carbons (Fsp3) is 0.600. The summed E-state index contributed by atoms with van der Waals surface area (Å²) in [4.78, 5) is 67.2. The van der Waals surface area contributed by atoms with Crippen LogP contribution in [-0.4, -0.2) is 99.0 Å². The van der Waals surface area contributed by atoms with Crippen molar-refractivity contribution in [3.63, 3.8) is 0 Å². The average Bonchev–Trinajstić information content (AvgIpc) is 3.61. The lowest BCUT2D eigenvalue weighted by molar-refractivity contribution is -0.385. The van der Waals surface area contributed by atoms with Crippen molar-refractivity contribution in [2.24, 2.45) is 11.8 Å². The quantitative estimate of drug-likeness (QED) is 0.181. The zero-order valence-corrected chi connectivity index (χ0v) is 32.6. The Morgan fingerprint density at radius 3 is 1.54 bits per heavy atom. The number of nitro benzene ring substituents is 1. The number of fused-ring (bicyclic) bond motifs is 2. The highest BCUT2D eigenvalue weighted by molar-refractivity contribution is 6.00. The number of piperidine rings is 2. The van der Waals surface area contributed by atoms with E-state index in [0.29, 0.717) is 61.4 Å². The average molecular weight is 749 g/mol. The number of hydrogen-bond acceptors (Lipinski definition) is 9. The third-order valence-electron chi connectivity index (χ3n) is 10.4. The molecule has 0 unspecified atom stereocenters. The predicted octanol–water partition coefficient (Wildman–Crippen LogP) is 6.85. The van der Waals surface area contributed by atoms with Crippen molar-refractivity contribution in [1.29, 1.82) is 0 Å². The van der Waals surface area contributed by atoms with Gasteiger partial charge in [-0.2, -0.15) is 0 Å². The molecule has 4 heterocycles. The predicted molar refractivity (Wildman–Crippen MR) is 204 cm³/mol. The van der Waals surface area contributed by atoms with Gasteiger partial charge in [0, 0.05) is 68.7 Å². The minimum atomic E-state index is -0.498. The van der Waals surface area contributed by atoms with Gasteiger partial charge in [0.2, 0.25) is 0 Å². The third-order valence-corrected chi connectivity index (χ3v) is 10.4. The molecule has 0 aromatic heterocycles. The molecule has 4 aliphatic rings. The Morgan fingerprint density at radius 1 is 0.722 bits per heavy atom. The van der Waals surface area contributed by atoms with Crippen LogP contribution >= 0.6 is 0 Å². The molecule has 2 fully saturated rings. The van der Waals surface area contributed by atoms with Gasteiger partial charge in [0.25, 0.3) is 17.5 Å². The second-order valence-corrected chi connectivity index (χ2v) is 16.8. The normalized spacial score (nSPS) is 17.9. The largest absolute Gasteiger partial charge is 0.444 e. The third kappa shape index (κ3) is 10.2. The minimum Gasteiger partial charge on any atom is -0.444 e. The van der Waals surface area contributed by atoms with Gasteiger partial charge in [-0.1, -0.05) is 12.1 Å². The number of likely N-dealkylation sites (tertiary alicyclic amines) is 2. The SMILES string of the molecule is CC(C)(C)OC(=O)N1CCC(CCN2Cc3c(N)cccc3C2=O)CC1.CC(C)(C)OC(=O)N1CCC(CCN2Cc3c(cccc3[N+](=O)[O-])C2=O)CC1. The number of carbonyl (C=O) groups is 4. The smallest absolute Gasteiger partial charge is 0.410 e. The van der Waals surface area contributed by atoms with Crippen LogP contribution in [0.3, 0.4) is 0 Å². The summed E-state index contributed by atoms with van der Waals surface area (Å²) in [7, 11) is 0. The monoisotopic (exact) mass is 748 g/mol. The summed E-state index contributed by atoms with van der Waals surface area (Å²) in [5.74, 6) is 0.899. The Hall–Kier alpha value is -4.88. The Bertz CT molecular complexity index is 1720. The van der Waals surface area contributed by atoms with Gasteiger partial charge in [-0.15, -0.1) is 0 Å². The molecule has 2 N–H and O–H groups in total. The van der Waals surface area contributed by atoms with Crippen molar-refractivity contribution >= 4 is 35.4 Å². The van der Waals surface area contributed by atoms with Crippen LogP contribution in [0.4, 0.5) is 21.0 Å². The second-order valence-electron chi connectivity index (χ2n) is 16.8. The van der Waals surface area contributed by atoms with Gasteiger partial charge in [-0.3, -0.25) is 19.7 Å². The molecule has 4 aliphatic heterocycles. The number of nitrogen functional groups attached to an aromatic ring is 1. The van der Waals surface area contributed by atoms with E-state index < -0.39 is 16.1 Å². The number of benzene rings is 2. The Kier molecular flexibility index (Phi) is 12.4. The molecule has 6 rings (SSSR count). The lowest BCUT2D eigenvalue weighted by atomic mass is 9.93. The number of nitrogens with zero attached hydrogens (tertiary/aromatic N) is 5. The van der Waals surface area contributed by atoms with Crippen molar-refractivity contribution in [2.45, 2.75) is 104 Å². The molecule has 0 radical (unpaired) electrons. The summed E-state index contributed by atoms with van der Waals surface area (Å²) >= 11 is 0. The van der Waals surface area contributed by atoms with E-state index in [2.05, 4.69) is 0 Å². The second kappa shape index (κ2) is 16.6. The van der Waals surface area contributed by atoms with Crippen LogP contribution in [0, 0.1) is 22.0 Å². The molecule has 0 bridgehead atoms. The van der Waals surface area contributed by atoms with Crippen molar-refractivity contribution in [1.82, 2.24) is 19.6 Å². The Labute approximate surface area is 318 Å². The highest BCUT2D eigenvalue weighted by atomic mass is 16.6. The summed E-state index contributed by atoms with van der Waals surface area (Å²) in [6, 6.07) is 10.2. The lowest BCUT2D eigenvalue weighted by Crippen LogP contribution is -2.42. The van der Waals surface area contributed by atoms with E-state index in [1.165, 1.54) is 6.07 Å². The van der Waals surface area contributed by atoms with Crippen LogP contribution in [0.15, 0.2) is 36.4 Å². The standard InChI is InChI=1S/C20H27N3O5.C20H29N3O3/c1-20(2,3)28-19(25)21-10-7-14(8-11-21)9-12-22-13-16-15(18(22)24)5-4-6-17(16)23(26)27;1-20(2,3)26-19(25)22-10-7-14(8-11-22)9-12-23-13-16-15(18(23)24)5-4-6-17(16)21/h4-6,14H,7-13H2,1-3H3;4-6,14H,7-13,21H2,1-3H3. The van der Waals surface area contributed by atoms with Gasteiger partial charge in [0.15, 0.2) is 0 Å². The number of rotatable bonds is 7. The topological polar surface area (TPSA) is 169 Å². The number of ether oxygens (including phenoxy) is 2. The van der Waals surface area contributed by atoms with E-state index in [4.69, 9.17) is 15.2 Å². The fourth-order valence-electron chi connectivity index (χ4n) is 7.46. The first kappa shape index (κ1) is 40.3. The van der Waals surface area contributed by atoms with Gasteiger partial charge >= 0.3 is 12.2 Å². The number of carbonyl (C=O) groups excluding carboxylic acids is 4. The number of anilines is 1. The van der Waals surface area contributed by atoms with Gasteiger partial charge in [0.1, 0.15) is 11.2 Å². The van der Waals surface area contributed by atoms with Crippen molar-refractivity contribution in [2.75, 3.05) is 45.0 Å². The fourth-order valence-corrected chi connectivity index (χ4v) is 7.46. The highest BCUT2D eigenvalue weighted by Crippen LogP contribution is 2.33. The maximum absolute atomic E-state index is 12.6. The number of hydrogen-bond donors (Lipinski definition) is 1. The van der Waals surface area contributed by atoms with Crippen LogP contribution in [0.2, 0.25) is 0 Å². The summed E-state index contributed by atoms with van der Waals surface area (Å²) in [5.41, 5.74) is 8.40. The first-order valence-corrected chi connectivity index (χ1v) is 19.1. The number of nitrogens with two attached hydrogens (primary N) is 1. The van der Waals surface area contributed by atoms with E-state index in [-0.39, 0.29) is 29.7 Å². The van der Waals surface area contributed by atoms with Crippen molar-refractivity contribution in [3.8, 4) is 0 Å². The first-order chi connectivity index (χ1) is 25.4. The number of amides is 4. The van der Waals surface area contributed by atoms with E-state index in [1.807, 2.05) is 64.6 Å². The highest BCUT2D eigenvalue weighted by Gasteiger charge is 2.35. The first-order valence-electron chi connectivity index (χ1n) is 19.1. The van der Waals surface area contributed by atoms with E-state index in [0.717, 1.165) is 69.3 Å². The van der Waals surface area contributed by atoms with Crippen LogP contribution in [0.5, 0.6) is 0 Å². The molecule has 0 aliphatic carbocycles. The van der Waals surface area contributed by atoms with Gasteiger partial charge in [-0.25, -0.2) is 9.59 Å². The van der Waals surface area contributed by atoms with E-state index in [1.54, 1.807) is 26.8 Å². The molecule has 14 heteroatoms. The molecule has 0 atom stereocenters. The lowest BCUT2D eigenvalue weighted by Gasteiger charge is -2.34. The molecule has 0 saturated carbocycles. The van der Waals surface area contributed by atoms with E-state index in [9.17, 15) is 29.3 Å². The molecular formula is C40H56N6O8.